The van der Waals surface area contributed by atoms with Gasteiger partial charge >= 0.3 is 0 Å². The molecule has 0 aliphatic heterocycles. The van der Waals surface area contributed by atoms with Crippen LogP contribution in [0, 0.1) is 11.6 Å². The molecule has 0 radical (unpaired) electrons. The second-order valence-electron chi connectivity index (χ2n) is 4.39. The number of rotatable bonds is 2. The van der Waals surface area contributed by atoms with E-state index in [-0.39, 0.29) is 17.6 Å². The van der Waals surface area contributed by atoms with Crippen LogP contribution in [0.3, 0.4) is 0 Å². The lowest BCUT2D eigenvalue weighted by Gasteiger charge is -2.09. The quantitative estimate of drug-likeness (QED) is 0.712. The third-order valence-electron chi connectivity index (χ3n) is 3.11. The van der Waals surface area contributed by atoms with E-state index in [4.69, 9.17) is 0 Å². The Morgan fingerprint density at radius 3 is 2.65 bits per heavy atom. The van der Waals surface area contributed by atoms with Gasteiger partial charge in [-0.05, 0) is 0 Å². The Kier molecular flexibility index (Phi) is 2.81. The fourth-order valence-corrected chi connectivity index (χ4v) is 2.01. The van der Waals surface area contributed by atoms with Gasteiger partial charge < -0.3 is 4.57 Å². The largest absolute Gasteiger partial charge is 0.337 e. The lowest BCUT2D eigenvalue weighted by atomic mass is 10.2. The van der Waals surface area contributed by atoms with Crippen molar-refractivity contribution in [2.45, 2.75) is 6.54 Å². The summed E-state index contributed by atoms with van der Waals surface area (Å²) in [6.45, 7) is 0.159. The van der Waals surface area contributed by atoms with E-state index >= 15 is 0 Å². The molecule has 5 nitrogen and oxygen atoms in total. The van der Waals surface area contributed by atoms with Crippen LogP contribution in [0.25, 0.3) is 11.0 Å². The Hall–Kier alpha value is -2.57. The molecule has 0 fully saturated rings. The first-order chi connectivity index (χ1) is 9.56. The SMILES string of the molecule is Cn1ccnc1Cn1c(=O)cnc2cc(F)c(F)cc21. The zero-order valence-electron chi connectivity index (χ0n) is 10.5. The molecular formula is C13H10F2N4O. The van der Waals surface area contributed by atoms with Gasteiger partial charge in [-0.1, -0.05) is 0 Å². The minimum absolute atomic E-state index is 0.159. The summed E-state index contributed by atoms with van der Waals surface area (Å²) >= 11 is 0. The van der Waals surface area contributed by atoms with E-state index in [1.165, 1.54) is 4.57 Å². The predicted octanol–water partition coefficient (Wildman–Crippen LogP) is 1.46. The van der Waals surface area contributed by atoms with E-state index in [0.717, 1.165) is 18.3 Å². The molecule has 1 aromatic carbocycles. The minimum Gasteiger partial charge on any atom is -0.337 e. The van der Waals surface area contributed by atoms with Gasteiger partial charge in [0.15, 0.2) is 11.6 Å². The molecule has 0 unspecified atom stereocenters. The lowest BCUT2D eigenvalue weighted by molar-refractivity contribution is 0.509. The van der Waals surface area contributed by atoms with Crippen LogP contribution in [-0.2, 0) is 13.6 Å². The molecule has 0 bridgehead atoms. The average molecular weight is 276 g/mol. The highest BCUT2D eigenvalue weighted by atomic mass is 19.2. The molecule has 0 saturated carbocycles. The second-order valence-corrected chi connectivity index (χ2v) is 4.39. The number of fused-ring (bicyclic) bond motifs is 1. The Morgan fingerprint density at radius 1 is 1.20 bits per heavy atom. The summed E-state index contributed by atoms with van der Waals surface area (Å²) in [5, 5.41) is 0. The Labute approximate surface area is 112 Å². The van der Waals surface area contributed by atoms with Crippen molar-refractivity contribution in [2.75, 3.05) is 0 Å². The number of hydrogen-bond donors (Lipinski definition) is 0. The molecule has 2 heterocycles. The fourth-order valence-electron chi connectivity index (χ4n) is 2.01. The molecule has 7 heteroatoms. The Balaban J connectivity index is 2.23. The molecule has 0 aliphatic carbocycles. The maximum absolute atomic E-state index is 13.4. The fraction of sp³-hybridized carbons (Fsp3) is 0.154. The van der Waals surface area contributed by atoms with Gasteiger partial charge in [0.2, 0.25) is 0 Å². The summed E-state index contributed by atoms with van der Waals surface area (Å²) in [6.07, 6.45) is 4.43. The average Bonchev–Trinajstić information content (AvgIpc) is 2.81. The van der Waals surface area contributed by atoms with Crippen molar-refractivity contribution < 1.29 is 8.78 Å². The van der Waals surface area contributed by atoms with Crippen LogP contribution in [0.15, 0.2) is 35.5 Å². The Morgan fingerprint density at radius 2 is 1.95 bits per heavy atom. The van der Waals surface area contributed by atoms with Gasteiger partial charge in [-0.15, -0.1) is 0 Å². The lowest BCUT2D eigenvalue weighted by Crippen LogP contribution is -2.22. The van der Waals surface area contributed by atoms with Crippen molar-refractivity contribution in [1.29, 1.82) is 0 Å². The summed E-state index contributed by atoms with van der Waals surface area (Å²) in [7, 11) is 1.79. The van der Waals surface area contributed by atoms with E-state index in [1.807, 2.05) is 0 Å². The van der Waals surface area contributed by atoms with E-state index < -0.39 is 17.2 Å². The molecule has 20 heavy (non-hydrogen) atoms. The zero-order chi connectivity index (χ0) is 14.3. The van der Waals surface area contributed by atoms with Crippen molar-refractivity contribution in [2.24, 2.45) is 7.05 Å². The molecule has 0 saturated heterocycles. The van der Waals surface area contributed by atoms with Crippen molar-refractivity contribution in [1.82, 2.24) is 19.1 Å². The standard InChI is InChI=1S/C13H10F2N4O/c1-18-3-2-16-12(18)7-19-11-5-9(15)8(14)4-10(11)17-6-13(19)20/h2-6H,7H2,1H3. The third kappa shape index (κ3) is 1.97. The maximum atomic E-state index is 13.4. The van der Waals surface area contributed by atoms with Gasteiger partial charge in [0.05, 0.1) is 23.8 Å². The second kappa shape index (κ2) is 4.52. The molecule has 0 spiro atoms. The number of benzene rings is 1. The van der Waals surface area contributed by atoms with Crippen LogP contribution in [-0.4, -0.2) is 19.1 Å². The van der Waals surface area contributed by atoms with Gasteiger partial charge in [-0.25, -0.2) is 18.7 Å². The van der Waals surface area contributed by atoms with Gasteiger partial charge in [0.1, 0.15) is 5.82 Å². The van der Waals surface area contributed by atoms with Crippen LogP contribution in [0.4, 0.5) is 8.78 Å². The molecule has 3 aromatic rings. The first kappa shape index (κ1) is 12.5. The molecule has 2 aromatic heterocycles. The Bertz CT molecular complexity index is 853. The van der Waals surface area contributed by atoms with Crippen molar-refractivity contribution in [3.63, 3.8) is 0 Å². The minimum atomic E-state index is -1.02. The van der Waals surface area contributed by atoms with Crippen LogP contribution in [0.2, 0.25) is 0 Å². The van der Waals surface area contributed by atoms with Crippen LogP contribution in [0.5, 0.6) is 0 Å². The van der Waals surface area contributed by atoms with Gasteiger partial charge in [0, 0.05) is 31.6 Å². The van der Waals surface area contributed by atoms with Crippen molar-refractivity contribution in [3.05, 3.63) is 58.5 Å². The first-order valence-corrected chi connectivity index (χ1v) is 5.87. The topological polar surface area (TPSA) is 52.7 Å². The van der Waals surface area contributed by atoms with E-state index in [2.05, 4.69) is 9.97 Å². The maximum Gasteiger partial charge on any atom is 0.269 e. The van der Waals surface area contributed by atoms with Crippen molar-refractivity contribution >= 4 is 11.0 Å². The smallest absolute Gasteiger partial charge is 0.269 e. The van der Waals surface area contributed by atoms with Gasteiger partial charge in [0.25, 0.3) is 5.56 Å². The first-order valence-electron chi connectivity index (χ1n) is 5.87. The predicted molar refractivity (Wildman–Crippen MR) is 68.2 cm³/mol. The van der Waals surface area contributed by atoms with E-state index in [0.29, 0.717) is 5.82 Å². The summed E-state index contributed by atoms with van der Waals surface area (Å²) in [4.78, 5) is 19.9. The van der Waals surface area contributed by atoms with Crippen LogP contribution < -0.4 is 5.56 Å². The van der Waals surface area contributed by atoms with Gasteiger partial charge in [-0.2, -0.15) is 0 Å². The number of nitrogens with zero attached hydrogens (tertiary/aromatic N) is 4. The number of imidazole rings is 1. The third-order valence-corrected chi connectivity index (χ3v) is 3.11. The zero-order valence-corrected chi connectivity index (χ0v) is 10.5. The normalized spacial score (nSPS) is 11.2. The summed E-state index contributed by atoms with van der Waals surface area (Å²) in [5.74, 6) is -1.38. The number of hydrogen-bond acceptors (Lipinski definition) is 3. The summed E-state index contributed by atoms with van der Waals surface area (Å²) in [5.41, 5.74) is 0.0589. The number of halogens is 2. The molecule has 0 aliphatic rings. The molecule has 0 atom stereocenters. The molecule has 102 valence electrons. The monoisotopic (exact) mass is 276 g/mol. The van der Waals surface area contributed by atoms with Crippen LogP contribution >= 0.6 is 0 Å². The van der Waals surface area contributed by atoms with E-state index in [1.54, 1.807) is 24.0 Å². The molecule has 3 rings (SSSR count). The van der Waals surface area contributed by atoms with Crippen molar-refractivity contribution in [3.8, 4) is 0 Å². The number of aryl methyl sites for hydroxylation is 1. The molecule has 0 N–H and O–H groups in total. The highest BCUT2D eigenvalue weighted by Crippen LogP contribution is 2.15. The molecule has 0 amide bonds. The van der Waals surface area contributed by atoms with Crippen LogP contribution in [0.1, 0.15) is 5.82 Å². The number of aromatic nitrogens is 4. The summed E-state index contributed by atoms with van der Waals surface area (Å²) in [6, 6.07) is 1.95. The molecular weight excluding hydrogens is 266 g/mol. The van der Waals surface area contributed by atoms with E-state index in [9.17, 15) is 13.6 Å². The highest BCUT2D eigenvalue weighted by molar-refractivity contribution is 5.74. The summed E-state index contributed by atoms with van der Waals surface area (Å²) < 4.78 is 29.6. The van der Waals surface area contributed by atoms with Gasteiger partial charge in [-0.3, -0.25) is 9.36 Å². The highest BCUT2D eigenvalue weighted by Gasteiger charge is 2.11.